The molecule has 0 radical (unpaired) electrons. The molecule has 2 aliphatic heterocycles. The van der Waals surface area contributed by atoms with Gasteiger partial charge in [-0.25, -0.2) is 28.7 Å². The third-order valence-electron chi connectivity index (χ3n) is 7.32. The molecule has 0 bridgehead atoms. The summed E-state index contributed by atoms with van der Waals surface area (Å²) in [7, 11) is 0. The number of pyridine rings is 2. The molecule has 9 nitrogen and oxygen atoms in total. The van der Waals surface area contributed by atoms with Gasteiger partial charge in [0.05, 0.1) is 35.5 Å². The average molecular weight is 534 g/mol. The number of fused-ring (bicyclic) bond motifs is 1. The van der Waals surface area contributed by atoms with E-state index in [-0.39, 0.29) is 10.9 Å². The Kier molecular flexibility index (Phi) is 6.92. The second-order valence-electron chi connectivity index (χ2n) is 9.83. The molecule has 0 spiro atoms. The van der Waals surface area contributed by atoms with Gasteiger partial charge in [-0.15, -0.1) is 0 Å². The fraction of sp³-hybridized carbons (Fsp3) is 0.357. The minimum atomic E-state index is -0.723. The van der Waals surface area contributed by atoms with Gasteiger partial charge >= 0.3 is 0 Å². The molecule has 2 N–H and O–H groups in total. The van der Waals surface area contributed by atoms with Crippen LogP contribution in [0.25, 0.3) is 22.0 Å². The van der Waals surface area contributed by atoms with E-state index in [1.807, 2.05) is 17.9 Å². The average Bonchev–Trinajstić information content (AvgIpc) is 2.95. The van der Waals surface area contributed by atoms with Gasteiger partial charge in [0.15, 0.2) is 0 Å². The van der Waals surface area contributed by atoms with Crippen LogP contribution in [0.5, 0.6) is 0 Å². The van der Waals surface area contributed by atoms with Gasteiger partial charge in [0.2, 0.25) is 0 Å². The molecule has 6 rings (SSSR count). The first kappa shape index (κ1) is 25.3. The highest BCUT2D eigenvalue weighted by Crippen LogP contribution is 2.40. The van der Waals surface area contributed by atoms with Crippen molar-refractivity contribution in [2.24, 2.45) is 0 Å². The maximum Gasteiger partial charge on any atom is 0.137 e. The van der Waals surface area contributed by atoms with Crippen molar-refractivity contribution in [1.29, 1.82) is 0 Å². The van der Waals surface area contributed by atoms with Crippen molar-refractivity contribution in [3.05, 3.63) is 60.3 Å². The fourth-order valence-electron chi connectivity index (χ4n) is 5.31. The molecule has 1 unspecified atom stereocenters. The Hall–Kier alpha value is -3.96. The standard InChI is InChI=1S/C28H29F2N7O2/c1-17-27(26-21(30)10-19(29)11-23(26)35-28(17)37-5-3-2-4-25(37)38)34-22-12-24(36-6-8-39-9-7-36)33-15-20(22)18-13-31-16-32-14-18/h10-16,25,38H,2-9H2,1H3,(H,33,34,35). The molecule has 1 atom stereocenters. The number of aliphatic hydroxyl groups excluding tert-OH is 1. The SMILES string of the molecule is Cc1c(N2CCCCC2O)nc2cc(F)cc(F)c2c1Nc1cc(N2CCOCC2)ncc1-c1cncnc1. The van der Waals surface area contributed by atoms with Crippen molar-refractivity contribution < 1.29 is 18.6 Å². The zero-order chi connectivity index (χ0) is 26.9. The molecular formula is C28H29F2N7O2. The Bertz CT molecular complexity index is 1500. The highest BCUT2D eigenvalue weighted by Gasteiger charge is 2.27. The summed E-state index contributed by atoms with van der Waals surface area (Å²) in [6, 6.07) is 4.00. The molecule has 3 aromatic heterocycles. The first-order chi connectivity index (χ1) is 19.0. The van der Waals surface area contributed by atoms with E-state index in [9.17, 15) is 9.50 Å². The number of hydrogen-bond donors (Lipinski definition) is 2. The lowest BCUT2D eigenvalue weighted by Gasteiger charge is -2.35. The van der Waals surface area contributed by atoms with Gasteiger partial charge in [0, 0.05) is 73.1 Å². The number of piperidine rings is 1. The number of nitrogens with zero attached hydrogens (tertiary/aromatic N) is 6. The van der Waals surface area contributed by atoms with Crippen molar-refractivity contribution >= 4 is 33.9 Å². The lowest BCUT2D eigenvalue weighted by Crippen LogP contribution is -2.40. The maximum absolute atomic E-state index is 15.4. The summed E-state index contributed by atoms with van der Waals surface area (Å²) < 4.78 is 35.2. The van der Waals surface area contributed by atoms with E-state index in [2.05, 4.69) is 25.2 Å². The van der Waals surface area contributed by atoms with Gasteiger partial charge in [0.25, 0.3) is 0 Å². The second kappa shape index (κ2) is 10.7. The minimum Gasteiger partial charge on any atom is -0.378 e. The van der Waals surface area contributed by atoms with E-state index in [0.717, 1.165) is 35.9 Å². The number of aromatic nitrogens is 4. The molecular weight excluding hydrogens is 504 g/mol. The Morgan fingerprint density at radius 2 is 1.82 bits per heavy atom. The predicted molar refractivity (Wildman–Crippen MR) is 145 cm³/mol. The first-order valence-electron chi connectivity index (χ1n) is 13.1. The minimum absolute atomic E-state index is 0.167. The number of morpholine rings is 1. The summed E-state index contributed by atoms with van der Waals surface area (Å²) in [5.41, 5.74) is 3.37. The lowest BCUT2D eigenvalue weighted by atomic mass is 10.0. The van der Waals surface area contributed by atoms with Crippen molar-refractivity contribution in [3.8, 4) is 11.1 Å². The van der Waals surface area contributed by atoms with Crippen LogP contribution in [0.15, 0.2) is 43.1 Å². The molecule has 4 aromatic rings. The van der Waals surface area contributed by atoms with Crippen LogP contribution in [0, 0.1) is 18.6 Å². The molecule has 5 heterocycles. The summed E-state index contributed by atoms with van der Waals surface area (Å²) in [4.78, 5) is 21.6. The number of hydrogen-bond acceptors (Lipinski definition) is 9. The van der Waals surface area contributed by atoms with E-state index < -0.39 is 17.9 Å². The number of anilines is 4. The van der Waals surface area contributed by atoms with Gasteiger partial charge in [0.1, 0.15) is 35.8 Å². The normalized spacial score (nSPS) is 18.0. The molecule has 2 fully saturated rings. The predicted octanol–water partition coefficient (Wildman–Crippen LogP) is 4.56. The number of aliphatic hydroxyl groups is 1. The van der Waals surface area contributed by atoms with Gasteiger partial charge in [-0.2, -0.15) is 0 Å². The molecule has 1 aromatic carbocycles. The van der Waals surface area contributed by atoms with Crippen LogP contribution in [0.1, 0.15) is 24.8 Å². The number of halogens is 2. The second-order valence-corrected chi connectivity index (χ2v) is 9.83. The number of nitrogens with one attached hydrogen (secondary N) is 1. The smallest absolute Gasteiger partial charge is 0.137 e. The molecule has 0 saturated carbocycles. The summed E-state index contributed by atoms with van der Waals surface area (Å²) in [5, 5.41) is 14.4. The van der Waals surface area contributed by atoms with Crippen LogP contribution in [0.2, 0.25) is 0 Å². The third kappa shape index (κ3) is 4.95. The van der Waals surface area contributed by atoms with E-state index in [1.165, 1.54) is 12.4 Å². The molecule has 39 heavy (non-hydrogen) atoms. The van der Waals surface area contributed by atoms with Crippen molar-refractivity contribution in [1.82, 2.24) is 19.9 Å². The Morgan fingerprint density at radius 3 is 2.59 bits per heavy atom. The Morgan fingerprint density at radius 1 is 1.03 bits per heavy atom. The topological polar surface area (TPSA) is 99.5 Å². The highest BCUT2D eigenvalue weighted by atomic mass is 19.1. The molecule has 2 saturated heterocycles. The molecule has 2 aliphatic rings. The molecule has 0 aliphatic carbocycles. The third-order valence-corrected chi connectivity index (χ3v) is 7.32. The summed E-state index contributed by atoms with van der Waals surface area (Å²) in [5.74, 6) is -0.196. The number of ether oxygens (including phenoxy) is 1. The molecule has 202 valence electrons. The molecule has 11 heteroatoms. The van der Waals surface area contributed by atoms with E-state index in [4.69, 9.17) is 9.72 Å². The van der Waals surface area contributed by atoms with Gasteiger partial charge in [-0.3, -0.25) is 0 Å². The summed E-state index contributed by atoms with van der Waals surface area (Å²) in [6.45, 7) is 5.03. The maximum atomic E-state index is 15.4. The summed E-state index contributed by atoms with van der Waals surface area (Å²) in [6.07, 6.45) is 8.25. The quantitative estimate of drug-likeness (QED) is 0.382. The van der Waals surface area contributed by atoms with Crippen LogP contribution in [0.4, 0.5) is 31.8 Å². The van der Waals surface area contributed by atoms with Crippen LogP contribution < -0.4 is 15.1 Å². The van der Waals surface area contributed by atoms with E-state index in [1.54, 1.807) is 18.6 Å². The Labute approximate surface area is 224 Å². The van der Waals surface area contributed by atoms with Crippen molar-refractivity contribution in [3.63, 3.8) is 0 Å². The summed E-state index contributed by atoms with van der Waals surface area (Å²) >= 11 is 0. The Balaban J connectivity index is 1.53. The van der Waals surface area contributed by atoms with Gasteiger partial charge in [-0.05, 0) is 26.2 Å². The molecule has 0 amide bonds. The fourth-order valence-corrected chi connectivity index (χ4v) is 5.31. The van der Waals surface area contributed by atoms with Crippen LogP contribution >= 0.6 is 0 Å². The first-order valence-corrected chi connectivity index (χ1v) is 13.1. The van der Waals surface area contributed by atoms with Crippen molar-refractivity contribution in [2.45, 2.75) is 32.4 Å². The van der Waals surface area contributed by atoms with Crippen LogP contribution in [-0.2, 0) is 4.74 Å². The van der Waals surface area contributed by atoms with Gasteiger partial charge < -0.3 is 25.0 Å². The largest absolute Gasteiger partial charge is 0.378 e. The zero-order valence-electron chi connectivity index (χ0n) is 21.6. The van der Waals surface area contributed by atoms with E-state index >= 15 is 4.39 Å². The van der Waals surface area contributed by atoms with Gasteiger partial charge in [-0.1, -0.05) is 0 Å². The van der Waals surface area contributed by atoms with Crippen LogP contribution in [-0.4, -0.2) is 64.1 Å². The van der Waals surface area contributed by atoms with E-state index in [0.29, 0.717) is 62.0 Å². The lowest BCUT2D eigenvalue weighted by molar-refractivity contribution is 0.122. The van der Waals surface area contributed by atoms with Crippen molar-refractivity contribution in [2.75, 3.05) is 48.0 Å². The zero-order valence-corrected chi connectivity index (χ0v) is 21.6. The monoisotopic (exact) mass is 533 g/mol. The van der Waals surface area contributed by atoms with Crippen LogP contribution in [0.3, 0.4) is 0 Å². The highest BCUT2D eigenvalue weighted by molar-refractivity contribution is 5.99. The number of rotatable bonds is 5. The number of benzene rings is 1.